The van der Waals surface area contributed by atoms with Crippen molar-refractivity contribution in [1.82, 2.24) is 4.90 Å². The van der Waals surface area contributed by atoms with Crippen molar-refractivity contribution < 1.29 is 28.9 Å². The van der Waals surface area contributed by atoms with Crippen LogP contribution in [-0.4, -0.2) is 56.3 Å². The highest BCUT2D eigenvalue weighted by Gasteiger charge is 2.25. The van der Waals surface area contributed by atoms with Gasteiger partial charge in [-0.25, -0.2) is 0 Å². The first-order valence-electron chi connectivity index (χ1n) is 8.27. The van der Waals surface area contributed by atoms with Gasteiger partial charge in [0.25, 0.3) is 0 Å². The molecular weight excluding hydrogens is 326 g/mol. The molecule has 1 fully saturated rings. The average Bonchev–Trinajstić information content (AvgIpc) is 2.60. The topological polar surface area (TPSA) is 85.3 Å². The van der Waals surface area contributed by atoms with Gasteiger partial charge in [-0.15, -0.1) is 0 Å². The molecule has 1 aromatic carbocycles. The van der Waals surface area contributed by atoms with Crippen LogP contribution < -0.4 is 14.2 Å². The minimum atomic E-state index is -0.776. The van der Waals surface area contributed by atoms with E-state index in [1.807, 2.05) is 0 Å². The SMILES string of the molecule is COc1cc(CC(=O)N2CCC(CC(=O)O)CC2)cc(OC)c1OC. The van der Waals surface area contributed by atoms with Gasteiger partial charge >= 0.3 is 5.97 Å². The number of carboxylic acids is 1. The van der Waals surface area contributed by atoms with Crippen LogP contribution in [0.1, 0.15) is 24.8 Å². The van der Waals surface area contributed by atoms with Crippen molar-refractivity contribution >= 4 is 11.9 Å². The fraction of sp³-hybridized carbons (Fsp3) is 0.556. The number of hydrogen-bond acceptors (Lipinski definition) is 5. The molecule has 0 bridgehead atoms. The van der Waals surface area contributed by atoms with Gasteiger partial charge in [0, 0.05) is 19.5 Å². The molecule has 25 heavy (non-hydrogen) atoms. The molecule has 0 saturated carbocycles. The summed E-state index contributed by atoms with van der Waals surface area (Å²) in [5.41, 5.74) is 0.784. The van der Waals surface area contributed by atoms with Crippen molar-refractivity contribution in [2.75, 3.05) is 34.4 Å². The number of ether oxygens (including phenoxy) is 3. The summed E-state index contributed by atoms with van der Waals surface area (Å²) in [5.74, 6) is 0.929. The quantitative estimate of drug-likeness (QED) is 0.808. The lowest BCUT2D eigenvalue weighted by Gasteiger charge is -2.31. The molecule has 1 heterocycles. The van der Waals surface area contributed by atoms with Gasteiger partial charge in [0.05, 0.1) is 27.8 Å². The first-order valence-corrected chi connectivity index (χ1v) is 8.27. The first-order chi connectivity index (χ1) is 12.0. The Labute approximate surface area is 147 Å². The number of carbonyl (C=O) groups is 2. The number of likely N-dealkylation sites (tertiary alicyclic amines) is 1. The molecule has 0 aromatic heterocycles. The van der Waals surface area contributed by atoms with Crippen LogP contribution in [0, 0.1) is 5.92 Å². The number of benzene rings is 1. The Morgan fingerprint density at radius 2 is 1.64 bits per heavy atom. The van der Waals surface area contributed by atoms with Crippen LogP contribution in [0.25, 0.3) is 0 Å². The molecule has 138 valence electrons. The van der Waals surface area contributed by atoms with Gasteiger partial charge < -0.3 is 24.2 Å². The second-order valence-electron chi connectivity index (χ2n) is 6.13. The van der Waals surface area contributed by atoms with E-state index in [0.29, 0.717) is 30.3 Å². The predicted molar refractivity (Wildman–Crippen MR) is 91.4 cm³/mol. The van der Waals surface area contributed by atoms with E-state index in [0.717, 1.165) is 18.4 Å². The van der Waals surface area contributed by atoms with E-state index in [9.17, 15) is 9.59 Å². The Bertz CT molecular complexity index is 597. The van der Waals surface area contributed by atoms with E-state index in [-0.39, 0.29) is 24.7 Å². The number of hydrogen-bond donors (Lipinski definition) is 1. The maximum Gasteiger partial charge on any atom is 0.303 e. The summed E-state index contributed by atoms with van der Waals surface area (Å²) < 4.78 is 15.9. The zero-order chi connectivity index (χ0) is 18.4. The van der Waals surface area contributed by atoms with Gasteiger partial charge in [-0.3, -0.25) is 9.59 Å². The van der Waals surface area contributed by atoms with Gasteiger partial charge in [-0.05, 0) is 36.5 Å². The van der Waals surface area contributed by atoms with Gasteiger partial charge in [-0.2, -0.15) is 0 Å². The van der Waals surface area contributed by atoms with E-state index in [4.69, 9.17) is 19.3 Å². The summed E-state index contributed by atoms with van der Waals surface area (Å²) in [4.78, 5) is 25.1. The van der Waals surface area contributed by atoms with E-state index < -0.39 is 5.97 Å². The summed E-state index contributed by atoms with van der Waals surface area (Å²) in [6.07, 6.45) is 1.87. The van der Waals surface area contributed by atoms with Gasteiger partial charge in [0.15, 0.2) is 11.5 Å². The zero-order valence-electron chi connectivity index (χ0n) is 14.9. The lowest BCUT2D eigenvalue weighted by molar-refractivity contribution is -0.138. The number of aliphatic carboxylic acids is 1. The van der Waals surface area contributed by atoms with Crippen LogP contribution in [0.5, 0.6) is 17.2 Å². The third-order valence-corrected chi connectivity index (χ3v) is 4.51. The molecule has 0 radical (unpaired) electrons. The summed E-state index contributed by atoms with van der Waals surface area (Å²) in [7, 11) is 4.61. The van der Waals surface area contributed by atoms with Crippen molar-refractivity contribution in [3.63, 3.8) is 0 Å². The average molecular weight is 351 g/mol. The van der Waals surface area contributed by atoms with E-state index >= 15 is 0 Å². The predicted octanol–water partition coefficient (Wildman–Crippen LogP) is 1.97. The molecule has 7 heteroatoms. The molecule has 1 saturated heterocycles. The lowest BCUT2D eigenvalue weighted by Crippen LogP contribution is -2.39. The van der Waals surface area contributed by atoms with Crippen molar-refractivity contribution in [3.8, 4) is 17.2 Å². The maximum atomic E-state index is 12.5. The molecule has 0 unspecified atom stereocenters. The number of carboxylic acid groups (broad SMARTS) is 1. The number of rotatable bonds is 7. The molecule has 0 spiro atoms. The lowest BCUT2D eigenvalue weighted by atomic mass is 9.93. The smallest absolute Gasteiger partial charge is 0.303 e. The molecule has 1 aromatic rings. The van der Waals surface area contributed by atoms with Crippen LogP contribution in [0.3, 0.4) is 0 Å². The number of nitrogens with zero attached hydrogens (tertiary/aromatic N) is 1. The first kappa shape index (κ1) is 18.9. The van der Waals surface area contributed by atoms with Gasteiger partial charge in [-0.1, -0.05) is 0 Å². The van der Waals surface area contributed by atoms with Crippen LogP contribution >= 0.6 is 0 Å². The van der Waals surface area contributed by atoms with Crippen LogP contribution in [0.4, 0.5) is 0 Å². The number of carbonyl (C=O) groups excluding carboxylic acids is 1. The van der Waals surface area contributed by atoms with Gasteiger partial charge in [0.1, 0.15) is 0 Å². The summed E-state index contributed by atoms with van der Waals surface area (Å²) >= 11 is 0. The van der Waals surface area contributed by atoms with Crippen molar-refractivity contribution in [2.24, 2.45) is 5.92 Å². The molecule has 1 amide bonds. The third kappa shape index (κ3) is 4.78. The fourth-order valence-corrected chi connectivity index (χ4v) is 3.16. The molecule has 1 aliphatic heterocycles. The second kappa shape index (κ2) is 8.60. The Morgan fingerprint density at radius 3 is 2.08 bits per heavy atom. The molecule has 0 atom stereocenters. The Kier molecular flexibility index (Phi) is 6.50. The highest BCUT2D eigenvalue weighted by atomic mass is 16.5. The number of methoxy groups -OCH3 is 3. The highest BCUT2D eigenvalue weighted by Crippen LogP contribution is 2.38. The Hall–Kier alpha value is -2.44. The largest absolute Gasteiger partial charge is 0.493 e. The van der Waals surface area contributed by atoms with E-state index in [2.05, 4.69) is 0 Å². The maximum absolute atomic E-state index is 12.5. The number of piperidine rings is 1. The van der Waals surface area contributed by atoms with E-state index in [1.165, 1.54) is 21.3 Å². The Balaban J connectivity index is 2.02. The fourth-order valence-electron chi connectivity index (χ4n) is 3.16. The normalized spacial score (nSPS) is 14.9. The van der Waals surface area contributed by atoms with Crippen molar-refractivity contribution in [2.45, 2.75) is 25.7 Å². The molecule has 1 aliphatic rings. The van der Waals surface area contributed by atoms with Crippen LogP contribution in [-0.2, 0) is 16.0 Å². The van der Waals surface area contributed by atoms with Crippen LogP contribution in [0.15, 0.2) is 12.1 Å². The molecule has 0 aliphatic carbocycles. The monoisotopic (exact) mass is 351 g/mol. The Morgan fingerprint density at radius 1 is 1.08 bits per heavy atom. The molecule has 1 N–H and O–H groups in total. The highest BCUT2D eigenvalue weighted by molar-refractivity contribution is 5.79. The summed E-state index contributed by atoms with van der Waals surface area (Å²) in [6.45, 7) is 1.20. The second-order valence-corrected chi connectivity index (χ2v) is 6.13. The molecular formula is C18H25NO6. The van der Waals surface area contributed by atoms with E-state index in [1.54, 1.807) is 17.0 Å². The number of amides is 1. The standard InChI is InChI=1S/C18H25NO6/c1-23-14-8-13(9-15(24-2)18(14)25-3)10-16(20)19-6-4-12(5-7-19)11-17(21)22/h8-9,12H,4-7,10-11H2,1-3H3,(H,21,22). The van der Waals surface area contributed by atoms with Crippen LogP contribution in [0.2, 0.25) is 0 Å². The van der Waals surface area contributed by atoms with Crippen molar-refractivity contribution in [3.05, 3.63) is 17.7 Å². The van der Waals surface area contributed by atoms with Gasteiger partial charge in [0.2, 0.25) is 11.7 Å². The minimum Gasteiger partial charge on any atom is -0.493 e. The van der Waals surface area contributed by atoms with Crippen molar-refractivity contribution in [1.29, 1.82) is 0 Å². The molecule has 7 nitrogen and oxygen atoms in total. The minimum absolute atomic E-state index is 0.0167. The molecule has 2 rings (SSSR count). The summed E-state index contributed by atoms with van der Waals surface area (Å²) in [5, 5.41) is 8.86. The third-order valence-electron chi connectivity index (χ3n) is 4.51. The zero-order valence-corrected chi connectivity index (χ0v) is 14.9. The summed E-state index contributed by atoms with van der Waals surface area (Å²) in [6, 6.07) is 3.55.